The highest BCUT2D eigenvalue weighted by Gasteiger charge is 2.39. The normalized spacial score (nSPS) is 21.2. The van der Waals surface area contributed by atoms with Gasteiger partial charge in [0, 0.05) is 19.3 Å². The summed E-state index contributed by atoms with van der Waals surface area (Å²) in [5, 5.41) is 20.1. The van der Waals surface area contributed by atoms with Crippen molar-refractivity contribution < 1.29 is 23.1 Å². The molecule has 0 aliphatic carbocycles. The predicted molar refractivity (Wildman–Crippen MR) is 99.2 cm³/mol. The highest BCUT2D eigenvalue weighted by molar-refractivity contribution is 7.89. The van der Waals surface area contributed by atoms with E-state index in [-0.39, 0.29) is 43.4 Å². The van der Waals surface area contributed by atoms with Crippen molar-refractivity contribution in [2.24, 2.45) is 0 Å². The second-order valence-corrected chi connectivity index (χ2v) is 8.65. The Kier molecular flexibility index (Phi) is 5.79. The number of aryl methyl sites for hydroxylation is 2. The number of carbonyl (C=O) groups excluding carboxylic acids is 1. The van der Waals surface area contributed by atoms with Gasteiger partial charge in [0.1, 0.15) is 16.2 Å². The summed E-state index contributed by atoms with van der Waals surface area (Å²) in [7, 11) is -3.89. The molecule has 2 aromatic rings. The molecule has 11 heteroatoms. The number of aromatic amines is 1. The van der Waals surface area contributed by atoms with Crippen molar-refractivity contribution in [3.05, 3.63) is 41.5 Å². The molecule has 10 nitrogen and oxygen atoms in total. The van der Waals surface area contributed by atoms with E-state index < -0.39 is 21.5 Å². The number of nitrogens with one attached hydrogen (secondary N) is 2. The number of aliphatic hydroxyl groups is 1. The fourth-order valence-electron chi connectivity index (χ4n) is 3.08. The molecule has 0 radical (unpaired) electrons. The average molecular weight is 409 g/mol. The number of amides is 1. The number of rotatable bonds is 5. The predicted octanol–water partition coefficient (Wildman–Crippen LogP) is -0.396. The van der Waals surface area contributed by atoms with Crippen molar-refractivity contribution in [2.45, 2.75) is 24.3 Å². The molecular formula is C17H23N5O5S. The Hall–Kier alpha value is -2.34. The van der Waals surface area contributed by atoms with Crippen LogP contribution in [0, 0.1) is 13.8 Å². The summed E-state index contributed by atoms with van der Waals surface area (Å²) in [6.07, 6.45) is 1.49. The Morgan fingerprint density at radius 2 is 2.21 bits per heavy atom. The molecule has 1 saturated heterocycles. The second-order valence-electron chi connectivity index (χ2n) is 6.78. The van der Waals surface area contributed by atoms with Gasteiger partial charge in [-0.05, 0) is 26.0 Å². The fourth-order valence-corrected chi connectivity index (χ4v) is 4.91. The Bertz CT molecular complexity index is 927. The molecule has 2 aromatic heterocycles. The maximum absolute atomic E-state index is 13.1. The van der Waals surface area contributed by atoms with Gasteiger partial charge in [-0.25, -0.2) is 8.42 Å². The first-order chi connectivity index (χ1) is 13.2. The zero-order chi connectivity index (χ0) is 20.4. The highest BCUT2D eigenvalue weighted by atomic mass is 32.2. The second kappa shape index (κ2) is 7.95. The van der Waals surface area contributed by atoms with Gasteiger partial charge in [-0.15, -0.1) is 0 Å². The van der Waals surface area contributed by atoms with Crippen LogP contribution in [0.3, 0.4) is 0 Å². The van der Waals surface area contributed by atoms with Crippen LogP contribution in [-0.2, 0) is 14.8 Å². The topological polar surface area (TPSA) is 138 Å². The molecule has 1 unspecified atom stereocenters. The number of nitrogens with zero attached hydrogens (tertiary/aromatic N) is 3. The number of carbonyl (C=O) groups is 1. The molecule has 0 saturated carbocycles. The third-order valence-corrected chi connectivity index (χ3v) is 6.57. The van der Waals surface area contributed by atoms with Gasteiger partial charge in [-0.2, -0.15) is 9.40 Å². The molecule has 0 aromatic carbocycles. The smallest absolute Gasteiger partial charge is 0.269 e. The number of β-amino-alcohol motifs (C(OH)–C–C–N with tert-alkyl or cyclic N) is 1. The first-order valence-corrected chi connectivity index (χ1v) is 10.2. The molecule has 1 amide bonds. The number of aromatic nitrogens is 3. The van der Waals surface area contributed by atoms with Crippen LogP contribution in [0.2, 0.25) is 0 Å². The van der Waals surface area contributed by atoms with Gasteiger partial charge in [0.25, 0.3) is 5.91 Å². The number of hydrogen-bond acceptors (Lipinski definition) is 7. The quantitative estimate of drug-likeness (QED) is 0.611. The van der Waals surface area contributed by atoms with E-state index in [1.54, 1.807) is 32.0 Å². The molecule has 1 aliphatic heterocycles. The number of H-pyrrole nitrogens is 1. The summed E-state index contributed by atoms with van der Waals surface area (Å²) in [4.78, 5) is 16.2. The lowest BCUT2D eigenvalue weighted by molar-refractivity contribution is -0.0293. The van der Waals surface area contributed by atoms with E-state index in [1.807, 2.05) is 0 Å². The first-order valence-electron chi connectivity index (χ1n) is 8.74. The monoisotopic (exact) mass is 409 g/mol. The van der Waals surface area contributed by atoms with Gasteiger partial charge in [0.05, 0.1) is 31.1 Å². The minimum absolute atomic E-state index is 0.0862. The van der Waals surface area contributed by atoms with E-state index in [4.69, 9.17) is 4.74 Å². The van der Waals surface area contributed by atoms with Crippen LogP contribution in [0.5, 0.6) is 0 Å². The lowest BCUT2D eigenvalue weighted by atomic mass is 10.1. The van der Waals surface area contributed by atoms with Crippen molar-refractivity contribution in [3.63, 3.8) is 0 Å². The molecule has 3 N–H and O–H groups in total. The van der Waals surface area contributed by atoms with E-state index in [9.17, 15) is 18.3 Å². The van der Waals surface area contributed by atoms with Crippen molar-refractivity contribution in [3.8, 4) is 0 Å². The number of pyridine rings is 1. The van der Waals surface area contributed by atoms with Crippen molar-refractivity contribution in [1.82, 2.24) is 24.8 Å². The van der Waals surface area contributed by atoms with E-state index in [0.717, 1.165) is 4.31 Å². The van der Waals surface area contributed by atoms with Crippen LogP contribution in [0.25, 0.3) is 0 Å². The molecule has 1 atom stereocenters. The lowest BCUT2D eigenvalue weighted by Gasteiger charge is -2.30. The molecule has 3 heterocycles. The molecule has 1 aliphatic rings. The Morgan fingerprint density at radius 3 is 2.86 bits per heavy atom. The molecule has 3 rings (SSSR count). The van der Waals surface area contributed by atoms with Gasteiger partial charge in [-0.3, -0.25) is 14.9 Å². The third-order valence-electron chi connectivity index (χ3n) is 4.46. The number of sulfonamides is 1. The summed E-state index contributed by atoms with van der Waals surface area (Å²) in [5.41, 5.74) is -0.599. The van der Waals surface area contributed by atoms with Crippen LogP contribution in [0.1, 0.15) is 21.9 Å². The van der Waals surface area contributed by atoms with Crippen molar-refractivity contribution in [2.75, 3.05) is 32.8 Å². The molecule has 0 bridgehead atoms. The zero-order valence-corrected chi connectivity index (χ0v) is 16.5. The van der Waals surface area contributed by atoms with Crippen molar-refractivity contribution >= 4 is 15.9 Å². The van der Waals surface area contributed by atoms with Crippen LogP contribution < -0.4 is 5.32 Å². The van der Waals surface area contributed by atoms with Gasteiger partial charge >= 0.3 is 0 Å². The van der Waals surface area contributed by atoms with Gasteiger partial charge in [0.2, 0.25) is 10.0 Å². The minimum Gasteiger partial charge on any atom is -0.384 e. The summed E-state index contributed by atoms with van der Waals surface area (Å²) in [5.74, 6) is -0.464. The van der Waals surface area contributed by atoms with E-state index in [0.29, 0.717) is 11.4 Å². The summed E-state index contributed by atoms with van der Waals surface area (Å²) >= 11 is 0. The molecule has 152 valence electrons. The van der Waals surface area contributed by atoms with Crippen molar-refractivity contribution in [1.29, 1.82) is 0 Å². The minimum atomic E-state index is -3.89. The Balaban J connectivity index is 1.76. The SMILES string of the molecule is Cc1n[nH]c(C)c1S(=O)(=O)N1CCOCC(O)(CNC(=O)c2ccccn2)C1. The number of hydrogen-bond donors (Lipinski definition) is 3. The van der Waals surface area contributed by atoms with Crippen LogP contribution in [-0.4, -0.2) is 77.4 Å². The fraction of sp³-hybridized carbons (Fsp3) is 0.471. The van der Waals surface area contributed by atoms with Gasteiger partial charge in [-0.1, -0.05) is 6.07 Å². The standard InChI is InChI=1S/C17H23N5O5S/c1-12-15(13(2)21-20-12)28(25,26)22-7-8-27-11-17(24,10-22)9-19-16(23)14-5-3-4-6-18-14/h3-6,24H,7-11H2,1-2H3,(H,19,23)(H,20,21). The summed E-state index contributed by atoms with van der Waals surface area (Å²) < 4.78 is 32.8. The van der Waals surface area contributed by atoms with Crippen LogP contribution >= 0.6 is 0 Å². The molecular weight excluding hydrogens is 386 g/mol. The maximum Gasteiger partial charge on any atom is 0.269 e. The summed E-state index contributed by atoms with van der Waals surface area (Å²) in [6.45, 7) is 2.93. The molecule has 1 fully saturated rings. The lowest BCUT2D eigenvalue weighted by Crippen LogP contribution is -2.53. The number of ether oxygens (including phenoxy) is 1. The largest absolute Gasteiger partial charge is 0.384 e. The first kappa shape index (κ1) is 20.4. The molecule has 0 spiro atoms. The van der Waals surface area contributed by atoms with Crippen LogP contribution in [0.4, 0.5) is 0 Å². The van der Waals surface area contributed by atoms with Crippen LogP contribution in [0.15, 0.2) is 29.3 Å². The summed E-state index contributed by atoms with van der Waals surface area (Å²) in [6, 6.07) is 4.91. The zero-order valence-electron chi connectivity index (χ0n) is 15.7. The Morgan fingerprint density at radius 1 is 1.43 bits per heavy atom. The maximum atomic E-state index is 13.1. The third kappa shape index (κ3) is 4.22. The van der Waals surface area contributed by atoms with E-state index in [2.05, 4.69) is 20.5 Å². The average Bonchev–Trinajstić information content (AvgIpc) is 2.89. The van der Waals surface area contributed by atoms with E-state index in [1.165, 1.54) is 6.20 Å². The van der Waals surface area contributed by atoms with Gasteiger partial charge < -0.3 is 15.2 Å². The Labute approximate surface area is 163 Å². The van der Waals surface area contributed by atoms with Gasteiger partial charge in [0.15, 0.2) is 0 Å². The van der Waals surface area contributed by atoms with E-state index >= 15 is 0 Å². The molecule has 28 heavy (non-hydrogen) atoms. The highest BCUT2D eigenvalue weighted by Crippen LogP contribution is 2.24.